The van der Waals surface area contributed by atoms with Crippen molar-refractivity contribution in [3.8, 4) is 5.88 Å². The summed E-state index contributed by atoms with van der Waals surface area (Å²) in [5.74, 6) is 2.19. The summed E-state index contributed by atoms with van der Waals surface area (Å²) in [6.07, 6.45) is 4.30. The van der Waals surface area contributed by atoms with Crippen molar-refractivity contribution in [1.29, 1.82) is 0 Å². The average molecular weight is 207 g/mol. The Morgan fingerprint density at radius 2 is 2.27 bits per heavy atom. The number of ether oxygens (including phenoxy) is 1. The molecule has 82 valence electrons. The van der Waals surface area contributed by atoms with Gasteiger partial charge in [0.05, 0.1) is 7.11 Å². The van der Waals surface area contributed by atoms with E-state index in [0.29, 0.717) is 18.3 Å². The molecule has 0 aliphatic heterocycles. The molecule has 2 N–H and O–H groups in total. The van der Waals surface area contributed by atoms with Gasteiger partial charge in [-0.05, 0) is 32.2 Å². The normalized spacial score (nSPS) is 15.3. The van der Waals surface area contributed by atoms with Crippen LogP contribution >= 0.6 is 0 Å². The van der Waals surface area contributed by atoms with Gasteiger partial charge in [0, 0.05) is 17.7 Å². The fourth-order valence-corrected chi connectivity index (χ4v) is 1.53. The molecule has 4 heteroatoms. The van der Waals surface area contributed by atoms with Crippen LogP contribution in [0.5, 0.6) is 5.88 Å². The summed E-state index contributed by atoms with van der Waals surface area (Å²) in [6, 6.07) is 1.90. The maximum absolute atomic E-state index is 5.48. The third-order valence-corrected chi connectivity index (χ3v) is 2.56. The molecule has 1 saturated carbocycles. The van der Waals surface area contributed by atoms with E-state index in [1.165, 1.54) is 12.8 Å². The highest BCUT2D eigenvalue weighted by atomic mass is 16.5. The summed E-state index contributed by atoms with van der Waals surface area (Å²) >= 11 is 0. The van der Waals surface area contributed by atoms with E-state index < -0.39 is 0 Å². The van der Waals surface area contributed by atoms with Crippen LogP contribution < -0.4 is 10.5 Å². The Labute approximate surface area is 89.9 Å². The molecule has 0 unspecified atom stereocenters. The number of rotatable bonds is 5. The largest absolute Gasteiger partial charge is 0.481 e. The first kappa shape index (κ1) is 10.4. The third kappa shape index (κ3) is 2.65. The first-order chi connectivity index (χ1) is 7.33. The number of methoxy groups -OCH3 is 1. The van der Waals surface area contributed by atoms with Crippen LogP contribution in [0.25, 0.3) is 0 Å². The summed E-state index contributed by atoms with van der Waals surface area (Å²) in [5.41, 5.74) is 6.53. The first-order valence-corrected chi connectivity index (χ1v) is 5.45. The Morgan fingerprint density at radius 3 is 2.87 bits per heavy atom. The number of hydrogen-bond acceptors (Lipinski definition) is 4. The molecule has 1 heterocycles. The van der Waals surface area contributed by atoms with Crippen LogP contribution in [-0.2, 0) is 6.42 Å². The minimum atomic E-state index is 0.566. The molecule has 1 aromatic heterocycles. The second-order valence-electron chi connectivity index (χ2n) is 3.93. The highest BCUT2D eigenvalue weighted by Gasteiger charge is 2.27. The fraction of sp³-hybridized carbons (Fsp3) is 0.636. The van der Waals surface area contributed by atoms with E-state index in [9.17, 15) is 0 Å². The van der Waals surface area contributed by atoms with Crippen molar-refractivity contribution in [1.82, 2.24) is 9.97 Å². The number of nitrogens with zero attached hydrogens (tertiary/aromatic N) is 2. The van der Waals surface area contributed by atoms with Crippen molar-refractivity contribution >= 4 is 0 Å². The molecular formula is C11H17N3O. The minimum absolute atomic E-state index is 0.566. The van der Waals surface area contributed by atoms with E-state index in [1.54, 1.807) is 7.11 Å². The summed E-state index contributed by atoms with van der Waals surface area (Å²) < 4.78 is 5.17. The summed E-state index contributed by atoms with van der Waals surface area (Å²) in [5, 5.41) is 0. The topological polar surface area (TPSA) is 61.0 Å². The highest BCUT2D eigenvalue weighted by molar-refractivity contribution is 5.20. The van der Waals surface area contributed by atoms with Gasteiger partial charge in [-0.25, -0.2) is 4.98 Å². The molecule has 4 nitrogen and oxygen atoms in total. The monoisotopic (exact) mass is 207 g/mol. The Kier molecular flexibility index (Phi) is 3.16. The average Bonchev–Trinajstić information content (AvgIpc) is 3.09. The summed E-state index contributed by atoms with van der Waals surface area (Å²) in [6.45, 7) is 0.699. The molecule has 15 heavy (non-hydrogen) atoms. The van der Waals surface area contributed by atoms with Gasteiger partial charge in [0.25, 0.3) is 0 Å². The van der Waals surface area contributed by atoms with E-state index >= 15 is 0 Å². The lowest BCUT2D eigenvalue weighted by atomic mass is 10.2. The predicted octanol–water partition coefficient (Wildman–Crippen LogP) is 1.25. The van der Waals surface area contributed by atoms with Gasteiger partial charge in [-0.2, -0.15) is 4.98 Å². The first-order valence-electron chi connectivity index (χ1n) is 5.45. The zero-order valence-electron chi connectivity index (χ0n) is 9.07. The minimum Gasteiger partial charge on any atom is -0.481 e. The highest BCUT2D eigenvalue weighted by Crippen LogP contribution is 2.38. The molecule has 0 aromatic carbocycles. The molecule has 2 rings (SSSR count). The molecule has 1 fully saturated rings. The second-order valence-corrected chi connectivity index (χ2v) is 3.93. The number of aromatic nitrogens is 2. The molecule has 1 aliphatic carbocycles. The fourth-order valence-electron chi connectivity index (χ4n) is 1.53. The van der Waals surface area contributed by atoms with E-state index in [-0.39, 0.29) is 0 Å². The summed E-state index contributed by atoms with van der Waals surface area (Å²) in [4.78, 5) is 8.89. The van der Waals surface area contributed by atoms with E-state index in [1.807, 2.05) is 6.07 Å². The SMILES string of the molecule is COc1cc(CCCN)nc(C2CC2)n1. The molecule has 0 bridgehead atoms. The lowest BCUT2D eigenvalue weighted by Gasteiger charge is -2.05. The molecule has 0 saturated heterocycles. The standard InChI is InChI=1S/C11H17N3O/c1-15-10-7-9(3-2-6-12)13-11(14-10)8-4-5-8/h7-8H,2-6,12H2,1H3. The van der Waals surface area contributed by atoms with Gasteiger partial charge in [0.2, 0.25) is 5.88 Å². The van der Waals surface area contributed by atoms with Crippen LogP contribution in [0.2, 0.25) is 0 Å². The Balaban J connectivity index is 2.16. The van der Waals surface area contributed by atoms with Gasteiger partial charge in [0.1, 0.15) is 5.82 Å². The zero-order valence-corrected chi connectivity index (χ0v) is 9.07. The van der Waals surface area contributed by atoms with E-state index in [4.69, 9.17) is 10.5 Å². The number of aryl methyl sites for hydroxylation is 1. The van der Waals surface area contributed by atoms with Gasteiger partial charge in [-0.1, -0.05) is 0 Å². The number of hydrogen-bond donors (Lipinski definition) is 1. The molecule has 0 radical (unpaired) electrons. The Morgan fingerprint density at radius 1 is 1.47 bits per heavy atom. The molecule has 1 aliphatic rings. The van der Waals surface area contributed by atoms with Crippen molar-refractivity contribution < 1.29 is 4.74 Å². The van der Waals surface area contributed by atoms with Crippen LogP contribution in [0.15, 0.2) is 6.07 Å². The molecular weight excluding hydrogens is 190 g/mol. The van der Waals surface area contributed by atoms with Crippen molar-refractivity contribution in [3.63, 3.8) is 0 Å². The lowest BCUT2D eigenvalue weighted by Crippen LogP contribution is -2.04. The second kappa shape index (κ2) is 4.57. The van der Waals surface area contributed by atoms with Gasteiger partial charge in [-0.3, -0.25) is 0 Å². The maximum atomic E-state index is 5.48. The lowest BCUT2D eigenvalue weighted by molar-refractivity contribution is 0.393. The van der Waals surface area contributed by atoms with E-state index in [2.05, 4.69) is 9.97 Å². The molecule has 1 aromatic rings. The van der Waals surface area contributed by atoms with Crippen molar-refractivity contribution in [2.24, 2.45) is 5.73 Å². The van der Waals surface area contributed by atoms with Crippen molar-refractivity contribution in [2.75, 3.05) is 13.7 Å². The third-order valence-electron chi connectivity index (χ3n) is 2.56. The molecule has 0 amide bonds. The maximum Gasteiger partial charge on any atom is 0.216 e. The zero-order chi connectivity index (χ0) is 10.7. The van der Waals surface area contributed by atoms with Crippen molar-refractivity contribution in [2.45, 2.75) is 31.6 Å². The Hall–Kier alpha value is -1.16. The van der Waals surface area contributed by atoms with E-state index in [0.717, 1.165) is 24.4 Å². The van der Waals surface area contributed by atoms with Crippen LogP contribution in [-0.4, -0.2) is 23.6 Å². The Bertz CT molecular complexity index is 337. The predicted molar refractivity (Wildman–Crippen MR) is 57.9 cm³/mol. The van der Waals surface area contributed by atoms with Gasteiger partial charge in [0.15, 0.2) is 0 Å². The van der Waals surface area contributed by atoms with Crippen molar-refractivity contribution in [3.05, 3.63) is 17.6 Å². The molecule has 0 spiro atoms. The number of nitrogens with two attached hydrogens (primary N) is 1. The van der Waals surface area contributed by atoms with Crippen LogP contribution in [0, 0.1) is 0 Å². The van der Waals surface area contributed by atoms with Crippen LogP contribution in [0.1, 0.15) is 36.7 Å². The van der Waals surface area contributed by atoms with Crippen LogP contribution in [0.3, 0.4) is 0 Å². The van der Waals surface area contributed by atoms with Gasteiger partial charge >= 0.3 is 0 Å². The summed E-state index contributed by atoms with van der Waals surface area (Å²) in [7, 11) is 1.64. The smallest absolute Gasteiger partial charge is 0.216 e. The molecule has 0 atom stereocenters. The van der Waals surface area contributed by atoms with Gasteiger partial charge < -0.3 is 10.5 Å². The quantitative estimate of drug-likeness (QED) is 0.789. The van der Waals surface area contributed by atoms with Crippen LogP contribution in [0.4, 0.5) is 0 Å². The van der Waals surface area contributed by atoms with Gasteiger partial charge in [-0.15, -0.1) is 0 Å².